The molecular weight excluding hydrogens is 226 g/mol. The fourth-order valence-corrected chi connectivity index (χ4v) is 1.77. The maximum Gasteiger partial charge on any atom is 0.255 e. The summed E-state index contributed by atoms with van der Waals surface area (Å²) in [4.78, 5) is 8.09. The predicted molar refractivity (Wildman–Crippen MR) is 63.8 cm³/mol. The van der Waals surface area contributed by atoms with Gasteiger partial charge in [0.2, 0.25) is 0 Å². The summed E-state index contributed by atoms with van der Waals surface area (Å²) in [5, 5.41) is 7.91. The van der Waals surface area contributed by atoms with E-state index < -0.39 is 0 Å². The molecule has 0 bridgehead atoms. The molecule has 0 fully saturated rings. The smallest absolute Gasteiger partial charge is 0.255 e. The standard InChI is InChI=1S/C10H14ClN5/c1-3-7(4-2)14-9-5-8(11)15-10-12-6-13-16(9)10/h5-7,14H,3-4H2,1-2H3. The fraction of sp³-hybridized carbons (Fsp3) is 0.500. The van der Waals surface area contributed by atoms with Crippen molar-refractivity contribution in [2.75, 3.05) is 5.32 Å². The third-order valence-corrected chi connectivity index (χ3v) is 2.75. The number of hydrogen-bond acceptors (Lipinski definition) is 4. The number of nitrogens with one attached hydrogen (secondary N) is 1. The van der Waals surface area contributed by atoms with Gasteiger partial charge in [0, 0.05) is 12.1 Å². The highest BCUT2D eigenvalue weighted by Crippen LogP contribution is 2.16. The van der Waals surface area contributed by atoms with Crippen LogP contribution in [0.2, 0.25) is 5.15 Å². The van der Waals surface area contributed by atoms with Crippen molar-refractivity contribution in [3.8, 4) is 0 Å². The van der Waals surface area contributed by atoms with E-state index in [1.165, 1.54) is 6.33 Å². The van der Waals surface area contributed by atoms with Crippen LogP contribution in [0.5, 0.6) is 0 Å². The highest BCUT2D eigenvalue weighted by molar-refractivity contribution is 6.29. The van der Waals surface area contributed by atoms with Gasteiger partial charge in [-0.3, -0.25) is 0 Å². The molecule has 0 amide bonds. The molecular formula is C10H14ClN5. The van der Waals surface area contributed by atoms with E-state index in [0.29, 0.717) is 17.0 Å². The molecule has 2 heterocycles. The van der Waals surface area contributed by atoms with Crippen LogP contribution in [0, 0.1) is 0 Å². The number of halogens is 1. The van der Waals surface area contributed by atoms with Gasteiger partial charge in [-0.15, -0.1) is 0 Å². The van der Waals surface area contributed by atoms with Gasteiger partial charge in [0.05, 0.1) is 0 Å². The zero-order valence-electron chi connectivity index (χ0n) is 9.31. The number of fused-ring (bicyclic) bond motifs is 1. The molecule has 0 saturated carbocycles. The van der Waals surface area contributed by atoms with E-state index in [9.17, 15) is 0 Å². The Morgan fingerprint density at radius 1 is 1.44 bits per heavy atom. The molecule has 0 aliphatic rings. The Kier molecular flexibility index (Phi) is 3.24. The molecule has 0 unspecified atom stereocenters. The second kappa shape index (κ2) is 4.65. The highest BCUT2D eigenvalue weighted by Gasteiger charge is 2.09. The van der Waals surface area contributed by atoms with Gasteiger partial charge in [0.15, 0.2) is 0 Å². The van der Waals surface area contributed by atoms with Crippen molar-refractivity contribution in [2.24, 2.45) is 0 Å². The molecule has 0 aliphatic carbocycles. The van der Waals surface area contributed by atoms with Gasteiger partial charge < -0.3 is 5.32 Å². The average molecular weight is 240 g/mol. The molecule has 0 saturated heterocycles. The van der Waals surface area contributed by atoms with Crippen molar-refractivity contribution in [1.82, 2.24) is 19.6 Å². The van der Waals surface area contributed by atoms with Crippen molar-refractivity contribution >= 4 is 23.2 Å². The molecule has 0 aromatic carbocycles. The lowest BCUT2D eigenvalue weighted by atomic mass is 10.2. The molecule has 0 spiro atoms. The molecule has 6 heteroatoms. The van der Waals surface area contributed by atoms with Crippen LogP contribution < -0.4 is 5.32 Å². The monoisotopic (exact) mass is 239 g/mol. The second-order valence-corrected chi connectivity index (χ2v) is 3.98. The molecule has 16 heavy (non-hydrogen) atoms. The van der Waals surface area contributed by atoms with Gasteiger partial charge in [0.1, 0.15) is 17.3 Å². The Morgan fingerprint density at radius 3 is 2.88 bits per heavy atom. The Bertz CT molecular complexity index is 477. The lowest BCUT2D eigenvalue weighted by Gasteiger charge is -2.16. The number of hydrogen-bond donors (Lipinski definition) is 1. The minimum Gasteiger partial charge on any atom is -0.367 e. The summed E-state index contributed by atoms with van der Waals surface area (Å²) in [6, 6.07) is 2.17. The number of nitrogens with zero attached hydrogens (tertiary/aromatic N) is 4. The van der Waals surface area contributed by atoms with E-state index in [2.05, 4.69) is 34.2 Å². The third-order valence-electron chi connectivity index (χ3n) is 2.56. The number of aromatic nitrogens is 4. The van der Waals surface area contributed by atoms with Crippen LogP contribution in [0.3, 0.4) is 0 Å². The summed E-state index contributed by atoms with van der Waals surface area (Å²) < 4.78 is 1.66. The topological polar surface area (TPSA) is 55.1 Å². The first-order chi connectivity index (χ1) is 7.74. The van der Waals surface area contributed by atoms with Gasteiger partial charge >= 0.3 is 0 Å². The van der Waals surface area contributed by atoms with E-state index in [1.807, 2.05) is 0 Å². The minimum absolute atomic E-state index is 0.408. The first-order valence-electron chi connectivity index (χ1n) is 5.37. The van der Waals surface area contributed by atoms with Crippen molar-refractivity contribution in [3.05, 3.63) is 17.5 Å². The minimum atomic E-state index is 0.408. The van der Waals surface area contributed by atoms with Gasteiger partial charge in [-0.25, -0.2) is 0 Å². The number of rotatable bonds is 4. The second-order valence-electron chi connectivity index (χ2n) is 3.59. The molecule has 0 radical (unpaired) electrons. The summed E-state index contributed by atoms with van der Waals surface area (Å²) in [6.45, 7) is 4.28. The van der Waals surface area contributed by atoms with Gasteiger partial charge in [0.25, 0.3) is 5.78 Å². The van der Waals surface area contributed by atoms with Crippen LogP contribution in [-0.4, -0.2) is 25.6 Å². The number of anilines is 1. The molecule has 2 aromatic rings. The molecule has 5 nitrogen and oxygen atoms in total. The Morgan fingerprint density at radius 2 is 2.19 bits per heavy atom. The van der Waals surface area contributed by atoms with Gasteiger partial charge in [-0.05, 0) is 12.8 Å². The van der Waals surface area contributed by atoms with Crippen LogP contribution in [0.4, 0.5) is 5.82 Å². The highest BCUT2D eigenvalue weighted by atomic mass is 35.5. The van der Waals surface area contributed by atoms with Crippen LogP contribution in [-0.2, 0) is 0 Å². The summed E-state index contributed by atoms with van der Waals surface area (Å²) in [6.07, 6.45) is 3.57. The van der Waals surface area contributed by atoms with E-state index in [-0.39, 0.29) is 0 Å². The quantitative estimate of drug-likeness (QED) is 0.833. The zero-order chi connectivity index (χ0) is 11.5. The third kappa shape index (κ3) is 2.09. The van der Waals surface area contributed by atoms with Crippen molar-refractivity contribution in [2.45, 2.75) is 32.7 Å². The average Bonchev–Trinajstić information content (AvgIpc) is 2.73. The largest absolute Gasteiger partial charge is 0.367 e. The SMILES string of the molecule is CCC(CC)Nc1cc(Cl)nc2ncnn12. The molecule has 2 aromatic heterocycles. The maximum atomic E-state index is 5.92. The maximum absolute atomic E-state index is 5.92. The normalized spacial score (nSPS) is 11.2. The van der Waals surface area contributed by atoms with Crippen LogP contribution in [0.15, 0.2) is 12.4 Å². The van der Waals surface area contributed by atoms with Gasteiger partial charge in [-0.2, -0.15) is 19.6 Å². The van der Waals surface area contributed by atoms with Crippen molar-refractivity contribution in [3.63, 3.8) is 0 Å². The molecule has 86 valence electrons. The van der Waals surface area contributed by atoms with Crippen molar-refractivity contribution in [1.29, 1.82) is 0 Å². The lowest BCUT2D eigenvalue weighted by Crippen LogP contribution is -2.19. The van der Waals surface area contributed by atoms with Crippen LogP contribution in [0.25, 0.3) is 5.78 Å². The molecule has 2 rings (SSSR count). The molecule has 1 N–H and O–H groups in total. The molecule has 0 atom stereocenters. The summed E-state index contributed by atoms with van der Waals surface area (Å²) >= 11 is 5.92. The first-order valence-corrected chi connectivity index (χ1v) is 5.75. The summed E-state index contributed by atoms with van der Waals surface area (Å²) in [5.41, 5.74) is 0. The summed E-state index contributed by atoms with van der Waals surface area (Å²) in [5.74, 6) is 1.35. The summed E-state index contributed by atoms with van der Waals surface area (Å²) in [7, 11) is 0. The van der Waals surface area contributed by atoms with E-state index in [0.717, 1.165) is 18.7 Å². The Balaban J connectivity index is 2.38. The van der Waals surface area contributed by atoms with Crippen molar-refractivity contribution < 1.29 is 0 Å². The molecule has 0 aliphatic heterocycles. The van der Waals surface area contributed by atoms with Crippen LogP contribution in [0.1, 0.15) is 26.7 Å². The fourth-order valence-electron chi connectivity index (χ4n) is 1.59. The first kappa shape index (κ1) is 11.1. The van der Waals surface area contributed by atoms with E-state index in [1.54, 1.807) is 10.6 Å². The zero-order valence-corrected chi connectivity index (χ0v) is 10.1. The predicted octanol–water partition coefficient (Wildman–Crippen LogP) is 2.38. The van der Waals surface area contributed by atoms with E-state index >= 15 is 0 Å². The van der Waals surface area contributed by atoms with Crippen LogP contribution >= 0.6 is 11.6 Å². The lowest BCUT2D eigenvalue weighted by molar-refractivity contribution is 0.663. The Hall–Kier alpha value is -1.36. The van der Waals surface area contributed by atoms with Gasteiger partial charge in [-0.1, -0.05) is 25.4 Å². The van der Waals surface area contributed by atoms with E-state index in [4.69, 9.17) is 11.6 Å². The Labute approximate surface area is 98.9 Å².